The standard InChI is InChI=1S/C31H29N3O7S/c1-38-22-10-8-20-12-25(22)40-17-29(35)32-14-18-7-9-23(24(11-18)39-2)41-26-16-34(15-21(26)33-30(20)36)31(37)28-13-19-5-3-4-6-27(19)42-28/h3-13,21,26H,14-17H2,1-2H3,(H,32,35)(H,33,36)/t21-,26-/m0/s1. The number of thiophene rings is 1. The van der Waals surface area contributed by atoms with Gasteiger partial charge in [-0.15, -0.1) is 11.3 Å². The molecule has 10 nitrogen and oxygen atoms in total. The van der Waals surface area contributed by atoms with Gasteiger partial charge in [0.2, 0.25) is 0 Å². The molecule has 0 saturated carbocycles. The lowest BCUT2D eigenvalue weighted by molar-refractivity contribution is -0.123. The Bertz CT molecular complexity index is 1640. The number of carbonyl (C=O) groups is 3. The van der Waals surface area contributed by atoms with Gasteiger partial charge in [-0.05, 0) is 53.4 Å². The summed E-state index contributed by atoms with van der Waals surface area (Å²) in [6, 6.07) is 19.4. The minimum atomic E-state index is -0.559. The van der Waals surface area contributed by atoms with Crippen LogP contribution in [0.1, 0.15) is 25.6 Å². The van der Waals surface area contributed by atoms with Crippen LogP contribution in [-0.2, 0) is 11.3 Å². The molecular formula is C31H29N3O7S. The molecule has 2 atom stereocenters. The summed E-state index contributed by atoms with van der Waals surface area (Å²) in [4.78, 5) is 41.9. The van der Waals surface area contributed by atoms with E-state index in [9.17, 15) is 14.4 Å². The maximum Gasteiger partial charge on any atom is 0.264 e. The number of hydrogen-bond acceptors (Lipinski definition) is 8. The Morgan fingerprint density at radius 1 is 0.952 bits per heavy atom. The van der Waals surface area contributed by atoms with Crippen molar-refractivity contribution in [3.05, 3.63) is 82.7 Å². The van der Waals surface area contributed by atoms with Crippen LogP contribution in [0.3, 0.4) is 0 Å². The summed E-state index contributed by atoms with van der Waals surface area (Å²) in [7, 11) is 3.02. The molecule has 1 aromatic heterocycles. The minimum absolute atomic E-state index is 0.123. The Balaban J connectivity index is 1.33. The first-order valence-corrected chi connectivity index (χ1v) is 14.2. The molecule has 0 unspecified atom stereocenters. The second kappa shape index (κ2) is 11.6. The summed E-state index contributed by atoms with van der Waals surface area (Å²) < 4.78 is 24.1. The van der Waals surface area contributed by atoms with Crippen LogP contribution in [0.25, 0.3) is 10.1 Å². The molecule has 3 aromatic carbocycles. The van der Waals surface area contributed by atoms with Crippen LogP contribution in [0.15, 0.2) is 66.7 Å². The highest BCUT2D eigenvalue weighted by Gasteiger charge is 2.39. The van der Waals surface area contributed by atoms with E-state index in [4.69, 9.17) is 18.9 Å². The fourth-order valence-corrected chi connectivity index (χ4v) is 6.13. The monoisotopic (exact) mass is 587 g/mol. The number of fused-ring (bicyclic) bond motifs is 8. The summed E-state index contributed by atoms with van der Waals surface area (Å²) in [6.07, 6.45) is -0.559. The molecule has 4 aromatic rings. The van der Waals surface area contributed by atoms with Crippen molar-refractivity contribution in [1.82, 2.24) is 15.5 Å². The van der Waals surface area contributed by atoms with Crippen molar-refractivity contribution in [3.63, 3.8) is 0 Å². The number of carbonyl (C=O) groups excluding carboxylic acids is 3. The fraction of sp³-hybridized carbons (Fsp3) is 0.258. The van der Waals surface area contributed by atoms with E-state index >= 15 is 0 Å². The van der Waals surface area contributed by atoms with Gasteiger partial charge in [0.25, 0.3) is 17.7 Å². The Kier molecular flexibility index (Phi) is 7.58. The van der Waals surface area contributed by atoms with Crippen molar-refractivity contribution >= 4 is 39.1 Å². The van der Waals surface area contributed by atoms with E-state index in [0.29, 0.717) is 27.7 Å². The summed E-state index contributed by atoms with van der Waals surface area (Å²) >= 11 is 1.44. The molecule has 42 heavy (non-hydrogen) atoms. The summed E-state index contributed by atoms with van der Waals surface area (Å²) in [6.45, 7) is 0.497. The van der Waals surface area contributed by atoms with Crippen LogP contribution in [0.2, 0.25) is 0 Å². The largest absolute Gasteiger partial charge is 0.493 e. The van der Waals surface area contributed by atoms with Crippen LogP contribution in [0, 0.1) is 0 Å². The zero-order valence-corrected chi connectivity index (χ0v) is 23.9. The Labute approximate surface area is 246 Å². The van der Waals surface area contributed by atoms with E-state index in [0.717, 1.165) is 15.6 Å². The molecule has 216 valence electrons. The molecule has 0 aliphatic carbocycles. The number of nitrogens with zero attached hydrogens (tertiary/aromatic N) is 1. The number of nitrogens with one attached hydrogen (secondary N) is 2. The zero-order chi connectivity index (χ0) is 29.2. The van der Waals surface area contributed by atoms with Gasteiger partial charge in [-0.2, -0.15) is 0 Å². The first-order chi connectivity index (χ1) is 20.4. The van der Waals surface area contributed by atoms with Crippen LogP contribution < -0.4 is 29.6 Å². The predicted molar refractivity (Wildman–Crippen MR) is 157 cm³/mol. The number of amides is 3. The maximum atomic E-state index is 13.6. The smallest absolute Gasteiger partial charge is 0.264 e. The Hall–Kier alpha value is -4.77. The van der Waals surface area contributed by atoms with E-state index < -0.39 is 12.1 Å². The third-order valence-corrected chi connectivity index (χ3v) is 8.39. The summed E-state index contributed by atoms with van der Waals surface area (Å²) in [5.74, 6) is 0.740. The number of rotatable bonds is 3. The normalized spacial score (nSPS) is 18.8. The van der Waals surface area contributed by atoms with Crippen molar-refractivity contribution in [1.29, 1.82) is 0 Å². The molecule has 2 N–H and O–H groups in total. The fourth-order valence-electron chi connectivity index (χ4n) is 5.10. The topological polar surface area (TPSA) is 115 Å². The van der Waals surface area contributed by atoms with Crippen molar-refractivity contribution in [2.45, 2.75) is 18.7 Å². The van der Waals surface area contributed by atoms with Gasteiger partial charge < -0.3 is 34.5 Å². The predicted octanol–water partition coefficient (Wildman–Crippen LogP) is 3.63. The first kappa shape index (κ1) is 27.4. The Morgan fingerprint density at radius 2 is 1.79 bits per heavy atom. The van der Waals surface area contributed by atoms with Gasteiger partial charge in [-0.3, -0.25) is 14.4 Å². The van der Waals surface area contributed by atoms with Gasteiger partial charge in [-0.25, -0.2) is 0 Å². The number of benzene rings is 3. The van der Waals surface area contributed by atoms with Crippen molar-refractivity contribution in [3.8, 4) is 23.0 Å². The third kappa shape index (κ3) is 5.55. The number of ether oxygens (including phenoxy) is 4. The van der Waals surface area contributed by atoms with Gasteiger partial charge >= 0.3 is 0 Å². The van der Waals surface area contributed by atoms with E-state index in [1.54, 1.807) is 29.2 Å². The molecule has 1 fully saturated rings. The SMILES string of the molecule is COc1ccc2cc1OCC(=O)NCc1ccc(c(OC)c1)O[C@H]1CN(C(=O)c3cc4ccccc4s3)C[C@@H]1NC2=O. The van der Waals surface area contributed by atoms with Crippen molar-refractivity contribution in [2.24, 2.45) is 0 Å². The minimum Gasteiger partial charge on any atom is -0.493 e. The third-order valence-electron chi connectivity index (χ3n) is 7.29. The van der Waals surface area contributed by atoms with Crippen LogP contribution in [0.5, 0.6) is 23.0 Å². The average Bonchev–Trinajstić information content (AvgIpc) is 3.62. The molecule has 4 heterocycles. The van der Waals surface area contributed by atoms with Crippen LogP contribution in [0.4, 0.5) is 0 Å². The number of methoxy groups -OCH3 is 2. The van der Waals surface area contributed by atoms with Crippen molar-refractivity contribution < 1.29 is 33.3 Å². The highest BCUT2D eigenvalue weighted by atomic mass is 32.1. The number of hydrogen-bond donors (Lipinski definition) is 2. The first-order valence-electron chi connectivity index (χ1n) is 13.4. The molecule has 4 bridgehead atoms. The van der Waals surface area contributed by atoms with Crippen LogP contribution >= 0.6 is 11.3 Å². The molecule has 0 radical (unpaired) electrons. The molecule has 3 aliphatic rings. The lowest BCUT2D eigenvalue weighted by Gasteiger charge is -2.22. The second-order valence-electron chi connectivity index (χ2n) is 10.0. The molecule has 11 heteroatoms. The van der Waals surface area contributed by atoms with Crippen LogP contribution in [-0.4, -0.2) is 68.7 Å². The molecule has 7 rings (SSSR count). The maximum absolute atomic E-state index is 13.6. The lowest BCUT2D eigenvalue weighted by atomic mass is 10.1. The summed E-state index contributed by atoms with van der Waals surface area (Å²) in [5.41, 5.74) is 1.11. The van der Waals surface area contributed by atoms with E-state index in [1.165, 1.54) is 31.6 Å². The van der Waals surface area contributed by atoms with Crippen molar-refractivity contribution in [2.75, 3.05) is 33.9 Å². The van der Waals surface area contributed by atoms with E-state index in [-0.39, 0.29) is 49.7 Å². The Morgan fingerprint density at radius 3 is 2.60 bits per heavy atom. The quantitative estimate of drug-likeness (QED) is 0.376. The highest BCUT2D eigenvalue weighted by Crippen LogP contribution is 2.33. The molecular weight excluding hydrogens is 558 g/mol. The second-order valence-corrected chi connectivity index (χ2v) is 11.1. The van der Waals surface area contributed by atoms with Gasteiger partial charge in [-0.1, -0.05) is 24.3 Å². The molecule has 3 amide bonds. The average molecular weight is 588 g/mol. The lowest BCUT2D eigenvalue weighted by Crippen LogP contribution is -2.45. The van der Waals surface area contributed by atoms with E-state index in [2.05, 4.69) is 10.6 Å². The van der Waals surface area contributed by atoms with Gasteiger partial charge in [0.05, 0.1) is 31.7 Å². The molecule has 3 aliphatic heterocycles. The summed E-state index contributed by atoms with van der Waals surface area (Å²) in [5, 5.41) is 6.87. The van der Waals surface area contributed by atoms with E-state index in [1.807, 2.05) is 36.4 Å². The van der Waals surface area contributed by atoms with Gasteiger partial charge in [0.1, 0.15) is 6.10 Å². The zero-order valence-electron chi connectivity index (χ0n) is 23.0. The molecule has 0 spiro atoms. The van der Waals surface area contributed by atoms with Gasteiger partial charge in [0.15, 0.2) is 29.6 Å². The number of likely N-dealkylation sites (tertiary alicyclic amines) is 1. The highest BCUT2D eigenvalue weighted by molar-refractivity contribution is 7.20. The molecule has 1 saturated heterocycles. The van der Waals surface area contributed by atoms with Gasteiger partial charge in [0, 0.05) is 23.4 Å².